The lowest BCUT2D eigenvalue weighted by molar-refractivity contribution is -0.142. The second-order valence-electron chi connectivity index (χ2n) is 6.14. The van der Waals surface area contributed by atoms with Gasteiger partial charge < -0.3 is 9.84 Å². The molecule has 4 heteroatoms. The maximum absolute atomic E-state index is 12.5. The van der Waals surface area contributed by atoms with Gasteiger partial charge in [0, 0.05) is 6.42 Å². The minimum atomic E-state index is -0.912. The molecule has 1 aromatic rings. The summed E-state index contributed by atoms with van der Waals surface area (Å²) < 4.78 is 5.82. The largest absolute Gasteiger partial charge is 0.481 e. The Bertz CT molecular complexity index is 489. The number of rotatable bonds is 8. The Morgan fingerprint density at radius 2 is 1.73 bits per heavy atom. The van der Waals surface area contributed by atoms with Gasteiger partial charge in [-0.15, -0.1) is 0 Å². The van der Waals surface area contributed by atoms with Crippen LogP contribution in [0, 0.1) is 5.41 Å². The maximum atomic E-state index is 12.5. The van der Waals surface area contributed by atoms with Crippen LogP contribution in [-0.2, 0) is 20.9 Å². The van der Waals surface area contributed by atoms with Gasteiger partial charge in [0.25, 0.3) is 0 Å². The van der Waals surface area contributed by atoms with Crippen molar-refractivity contribution in [3.63, 3.8) is 0 Å². The zero-order valence-corrected chi connectivity index (χ0v) is 12.9. The highest BCUT2D eigenvalue weighted by atomic mass is 16.5. The van der Waals surface area contributed by atoms with E-state index in [-0.39, 0.29) is 18.6 Å². The van der Waals surface area contributed by atoms with Crippen molar-refractivity contribution >= 4 is 11.8 Å². The smallest absolute Gasteiger partial charge is 0.303 e. The first-order valence-corrected chi connectivity index (χ1v) is 7.99. The SMILES string of the molecule is O=C(O)CCC(=O)C1(COCc2ccccc2)CCCCC1. The molecule has 1 aliphatic carbocycles. The molecule has 0 aromatic heterocycles. The van der Waals surface area contributed by atoms with Gasteiger partial charge in [-0.05, 0) is 18.4 Å². The minimum absolute atomic E-state index is 0.0580. The molecule has 0 bridgehead atoms. The fraction of sp³-hybridized carbons (Fsp3) is 0.556. The summed E-state index contributed by atoms with van der Waals surface area (Å²) in [7, 11) is 0. The van der Waals surface area contributed by atoms with Crippen molar-refractivity contribution in [2.75, 3.05) is 6.61 Å². The lowest BCUT2D eigenvalue weighted by Gasteiger charge is -2.35. The average molecular weight is 304 g/mol. The Morgan fingerprint density at radius 3 is 2.36 bits per heavy atom. The molecule has 22 heavy (non-hydrogen) atoms. The van der Waals surface area contributed by atoms with E-state index in [1.54, 1.807) is 0 Å². The summed E-state index contributed by atoms with van der Waals surface area (Å²) in [4.78, 5) is 23.2. The van der Waals surface area contributed by atoms with E-state index >= 15 is 0 Å². The van der Waals surface area contributed by atoms with Crippen LogP contribution in [0.4, 0.5) is 0 Å². The number of carboxylic acid groups (broad SMARTS) is 1. The van der Waals surface area contributed by atoms with Crippen molar-refractivity contribution in [2.24, 2.45) is 5.41 Å². The van der Waals surface area contributed by atoms with Crippen molar-refractivity contribution in [3.05, 3.63) is 35.9 Å². The predicted molar refractivity (Wildman–Crippen MR) is 83.5 cm³/mol. The number of ketones is 1. The maximum Gasteiger partial charge on any atom is 0.303 e. The van der Waals surface area contributed by atoms with Crippen LogP contribution in [-0.4, -0.2) is 23.5 Å². The van der Waals surface area contributed by atoms with Crippen LogP contribution in [0.2, 0.25) is 0 Å². The second-order valence-corrected chi connectivity index (χ2v) is 6.14. The van der Waals surface area contributed by atoms with Gasteiger partial charge in [0.2, 0.25) is 0 Å². The number of benzene rings is 1. The van der Waals surface area contributed by atoms with E-state index in [1.807, 2.05) is 30.3 Å². The zero-order chi connectivity index (χ0) is 15.8. The van der Waals surface area contributed by atoms with Gasteiger partial charge >= 0.3 is 5.97 Å². The van der Waals surface area contributed by atoms with Gasteiger partial charge in [-0.1, -0.05) is 49.6 Å². The van der Waals surface area contributed by atoms with Gasteiger partial charge in [0.05, 0.1) is 25.0 Å². The summed E-state index contributed by atoms with van der Waals surface area (Å²) in [6.07, 6.45) is 4.86. The van der Waals surface area contributed by atoms with Crippen molar-refractivity contribution in [3.8, 4) is 0 Å². The van der Waals surface area contributed by atoms with Gasteiger partial charge in [0.1, 0.15) is 5.78 Å². The zero-order valence-electron chi connectivity index (χ0n) is 12.9. The van der Waals surface area contributed by atoms with Crippen LogP contribution < -0.4 is 0 Å². The van der Waals surface area contributed by atoms with Gasteiger partial charge in [-0.3, -0.25) is 9.59 Å². The number of hydrogen-bond donors (Lipinski definition) is 1. The van der Waals surface area contributed by atoms with Crippen molar-refractivity contribution in [1.82, 2.24) is 0 Å². The summed E-state index contributed by atoms with van der Waals surface area (Å²) in [5.41, 5.74) is 0.620. The molecule has 0 spiro atoms. The summed E-state index contributed by atoms with van der Waals surface area (Å²) in [5, 5.41) is 8.79. The van der Waals surface area contributed by atoms with Gasteiger partial charge in [-0.25, -0.2) is 0 Å². The number of carboxylic acids is 1. The van der Waals surface area contributed by atoms with E-state index in [0.29, 0.717) is 13.2 Å². The van der Waals surface area contributed by atoms with Crippen molar-refractivity contribution < 1.29 is 19.4 Å². The molecule has 4 nitrogen and oxygen atoms in total. The summed E-state index contributed by atoms with van der Waals surface area (Å²) in [6.45, 7) is 0.898. The Hall–Kier alpha value is -1.68. The second kappa shape index (κ2) is 8.08. The van der Waals surface area contributed by atoms with E-state index in [4.69, 9.17) is 9.84 Å². The molecule has 0 unspecified atom stereocenters. The summed E-state index contributed by atoms with van der Waals surface area (Å²) in [5.74, 6) is -0.854. The molecule has 2 rings (SSSR count). The minimum Gasteiger partial charge on any atom is -0.481 e. The van der Waals surface area contributed by atoms with E-state index < -0.39 is 11.4 Å². The lowest BCUT2D eigenvalue weighted by atomic mass is 9.70. The van der Waals surface area contributed by atoms with E-state index in [1.165, 1.54) is 0 Å². The number of carbonyl (C=O) groups excluding carboxylic acids is 1. The van der Waals surface area contributed by atoms with E-state index in [0.717, 1.165) is 37.7 Å². The third-order valence-corrected chi connectivity index (χ3v) is 4.46. The molecule has 1 fully saturated rings. The summed E-state index contributed by atoms with van der Waals surface area (Å²) in [6, 6.07) is 9.89. The Balaban J connectivity index is 1.93. The Labute approximate surface area is 131 Å². The molecular weight excluding hydrogens is 280 g/mol. The van der Waals surface area contributed by atoms with Crippen LogP contribution in [0.15, 0.2) is 30.3 Å². The first-order valence-electron chi connectivity index (χ1n) is 7.99. The lowest BCUT2D eigenvalue weighted by Crippen LogP contribution is -2.38. The molecule has 0 heterocycles. The highest BCUT2D eigenvalue weighted by Crippen LogP contribution is 2.38. The Morgan fingerprint density at radius 1 is 1.05 bits per heavy atom. The van der Waals surface area contributed by atoms with Crippen LogP contribution in [0.25, 0.3) is 0 Å². The number of aliphatic carboxylic acids is 1. The monoisotopic (exact) mass is 304 g/mol. The molecule has 0 saturated heterocycles. The number of hydrogen-bond acceptors (Lipinski definition) is 3. The molecule has 0 radical (unpaired) electrons. The van der Waals surface area contributed by atoms with E-state index in [9.17, 15) is 9.59 Å². The topological polar surface area (TPSA) is 63.6 Å². The van der Waals surface area contributed by atoms with Crippen molar-refractivity contribution in [2.45, 2.75) is 51.6 Å². The third kappa shape index (κ3) is 4.67. The van der Waals surface area contributed by atoms with Gasteiger partial charge in [0.15, 0.2) is 0 Å². The first kappa shape index (κ1) is 16.7. The number of carbonyl (C=O) groups is 2. The molecule has 0 aliphatic heterocycles. The predicted octanol–water partition coefficient (Wildman–Crippen LogP) is 3.59. The van der Waals surface area contributed by atoms with Crippen LogP contribution in [0.1, 0.15) is 50.5 Å². The molecule has 1 aromatic carbocycles. The summed E-state index contributed by atoms with van der Waals surface area (Å²) >= 11 is 0. The molecule has 1 saturated carbocycles. The first-order chi connectivity index (χ1) is 10.6. The van der Waals surface area contributed by atoms with E-state index in [2.05, 4.69) is 0 Å². The molecule has 0 atom stereocenters. The van der Waals surface area contributed by atoms with Crippen LogP contribution in [0.3, 0.4) is 0 Å². The van der Waals surface area contributed by atoms with Crippen molar-refractivity contribution in [1.29, 1.82) is 0 Å². The molecule has 1 aliphatic rings. The Kier molecular flexibility index (Phi) is 6.13. The average Bonchev–Trinajstić information content (AvgIpc) is 2.54. The highest BCUT2D eigenvalue weighted by molar-refractivity contribution is 5.87. The quantitative estimate of drug-likeness (QED) is 0.797. The molecule has 0 amide bonds. The molecule has 120 valence electrons. The third-order valence-electron chi connectivity index (χ3n) is 4.46. The van der Waals surface area contributed by atoms with Crippen LogP contribution >= 0.6 is 0 Å². The standard InChI is InChI=1S/C18H24O4/c19-16(9-10-17(20)21)18(11-5-2-6-12-18)14-22-13-15-7-3-1-4-8-15/h1,3-4,7-8H,2,5-6,9-14H2,(H,20,21). The number of Topliss-reactive ketones (excluding diaryl/α,β-unsaturated/α-hetero) is 1. The molecule has 1 N–H and O–H groups in total. The fourth-order valence-electron chi connectivity index (χ4n) is 3.16. The normalized spacial score (nSPS) is 17.1. The molecular formula is C18H24O4. The fourth-order valence-corrected chi connectivity index (χ4v) is 3.16. The van der Waals surface area contributed by atoms with Crippen LogP contribution in [0.5, 0.6) is 0 Å². The van der Waals surface area contributed by atoms with Gasteiger partial charge in [-0.2, -0.15) is 0 Å². The highest BCUT2D eigenvalue weighted by Gasteiger charge is 2.39. The number of ether oxygens (including phenoxy) is 1.